The number of carbonyl (C=O) groups excluding carboxylic acids is 2. The van der Waals surface area contributed by atoms with Crippen molar-refractivity contribution in [3.63, 3.8) is 0 Å². The highest BCUT2D eigenvalue weighted by molar-refractivity contribution is 9.10. The van der Waals surface area contributed by atoms with Crippen LogP contribution in [0.3, 0.4) is 0 Å². The number of ether oxygens (including phenoxy) is 1. The summed E-state index contributed by atoms with van der Waals surface area (Å²) in [5, 5.41) is 0.856. The van der Waals surface area contributed by atoms with Crippen molar-refractivity contribution in [1.29, 1.82) is 0 Å². The fraction of sp³-hybridized carbons (Fsp3) is 0.111. The Balaban J connectivity index is 1.75. The molecule has 3 aromatic rings. The molecule has 3 rings (SSSR count). The molecular formula is C18H15BrN2O4. The molecule has 0 saturated heterocycles. The number of hydrogen-bond donors (Lipinski definition) is 2. The van der Waals surface area contributed by atoms with Gasteiger partial charge in [0.15, 0.2) is 5.76 Å². The van der Waals surface area contributed by atoms with Crippen molar-refractivity contribution in [2.75, 3.05) is 7.11 Å². The summed E-state index contributed by atoms with van der Waals surface area (Å²) in [6, 6.07) is 12.3. The molecule has 0 aliphatic rings. The van der Waals surface area contributed by atoms with E-state index in [2.05, 4.69) is 26.8 Å². The van der Waals surface area contributed by atoms with Gasteiger partial charge in [0.25, 0.3) is 5.91 Å². The fourth-order valence-corrected chi connectivity index (χ4v) is 2.86. The number of furan rings is 1. The van der Waals surface area contributed by atoms with Gasteiger partial charge >= 0.3 is 5.91 Å². The number of hydrazine groups is 1. The number of nitrogens with one attached hydrogen (secondary N) is 2. The molecule has 0 bridgehead atoms. The molecule has 0 radical (unpaired) electrons. The second-order valence-corrected chi connectivity index (χ2v) is 6.16. The van der Waals surface area contributed by atoms with Crippen molar-refractivity contribution < 1.29 is 18.7 Å². The van der Waals surface area contributed by atoms with Crippen molar-refractivity contribution in [3.05, 3.63) is 63.8 Å². The largest absolute Gasteiger partial charge is 0.497 e. The van der Waals surface area contributed by atoms with Crippen LogP contribution in [0.1, 0.15) is 26.5 Å². The van der Waals surface area contributed by atoms with Crippen LogP contribution < -0.4 is 15.6 Å². The van der Waals surface area contributed by atoms with Crippen molar-refractivity contribution in [2.24, 2.45) is 0 Å². The Hall–Kier alpha value is -2.80. The van der Waals surface area contributed by atoms with Gasteiger partial charge in [0.05, 0.1) is 12.7 Å². The van der Waals surface area contributed by atoms with E-state index in [4.69, 9.17) is 9.15 Å². The topological polar surface area (TPSA) is 80.6 Å². The standard InChI is InChI=1S/C18H15BrN2O4/c1-10-12-5-3-4-6-15(12)25-16(10)18(23)21-20-17(22)13-9-11(24-2)7-8-14(13)19/h3-9H,1-2H3,(H,20,22)(H,21,23). The number of methoxy groups -OCH3 is 1. The van der Waals surface area contributed by atoms with Gasteiger partial charge in [-0.1, -0.05) is 18.2 Å². The second-order valence-electron chi connectivity index (χ2n) is 5.31. The van der Waals surface area contributed by atoms with Gasteiger partial charge in [0, 0.05) is 15.4 Å². The van der Waals surface area contributed by atoms with Crippen LogP contribution in [0.4, 0.5) is 0 Å². The van der Waals surface area contributed by atoms with Crippen molar-refractivity contribution in [1.82, 2.24) is 10.9 Å². The Morgan fingerprint density at radius 1 is 1.08 bits per heavy atom. The average molecular weight is 403 g/mol. The molecule has 6 nitrogen and oxygen atoms in total. The summed E-state index contributed by atoms with van der Waals surface area (Å²) < 4.78 is 11.3. The minimum absolute atomic E-state index is 0.159. The summed E-state index contributed by atoms with van der Waals surface area (Å²) in [7, 11) is 1.51. The normalized spacial score (nSPS) is 10.5. The number of rotatable bonds is 3. The van der Waals surface area contributed by atoms with E-state index in [0.29, 0.717) is 26.9 Å². The maximum atomic E-state index is 12.3. The molecule has 0 aliphatic heterocycles. The van der Waals surface area contributed by atoms with Gasteiger partial charge in [-0.05, 0) is 47.1 Å². The molecule has 7 heteroatoms. The number of hydrogen-bond acceptors (Lipinski definition) is 4. The molecule has 2 aromatic carbocycles. The molecule has 0 fully saturated rings. The van der Waals surface area contributed by atoms with E-state index in [1.807, 2.05) is 18.2 Å². The molecule has 25 heavy (non-hydrogen) atoms. The van der Waals surface area contributed by atoms with Crippen LogP contribution >= 0.6 is 15.9 Å². The summed E-state index contributed by atoms with van der Waals surface area (Å²) in [6.45, 7) is 1.79. The van der Waals surface area contributed by atoms with Gasteiger partial charge in [0.2, 0.25) is 0 Å². The van der Waals surface area contributed by atoms with Crippen LogP contribution in [0.5, 0.6) is 5.75 Å². The van der Waals surface area contributed by atoms with E-state index in [-0.39, 0.29) is 5.76 Å². The Kier molecular flexibility index (Phi) is 4.76. The minimum Gasteiger partial charge on any atom is -0.497 e. The number of aryl methyl sites for hydroxylation is 1. The maximum Gasteiger partial charge on any atom is 0.305 e. The first-order chi connectivity index (χ1) is 12.0. The third-order valence-electron chi connectivity index (χ3n) is 3.76. The number of benzene rings is 2. The summed E-state index contributed by atoms with van der Waals surface area (Å²) in [5.41, 5.74) is 6.41. The van der Waals surface area contributed by atoms with E-state index < -0.39 is 11.8 Å². The second kappa shape index (κ2) is 6.98. The molecule has 128 valence electrons. The van der Waals surface area contributed by atoms with Gasteiger partial charge in [-0.2, -0.15) is 0 Å². The van der Waals surface area contributed by atoms with Gasteiger partial charge in [-0.3, -0.25) is 20.4 Å². The molecule has 0 aliphatic carbocycles. The zero-order valence-electron chi connectivity index (χ0n) is 13.6. The molecule has 0 unspecified atom stereocenters. The molecule has 2 amide bonds. The Morgan fingerprint density at radius 3 is 2.52 bits per heavy atom. The molecule has 0 saturated carbocycles. The molecule has 0 atom stereocenters. The highest BCUT2D eigenvalue weighted by atomic mass is 79.9. The smallest absolute Gasteiger partial charge is 0.305 e. The quantitative estimate of drug-likeness (QED) is 0.655. The van der Waals surface area contributed by atoms with Crippen LogP contribution in [-0.2, 0) is 0 Å². The number of halogens is 1. The van der Waals surface area contributed by atoms with Crippen LogP contribution in [0.15, 0.2) is 51.4 Å². The Labute approximate surface area is 152 Å². The fourth-order valence-electron chi connectivity index (χ4n) is 2.43. The lowest BCUT2D eigenvalue weighted by Crippen LogP contribution is -2.41. The first kappa shape index (κ1) is 17.0. The summed E-state index contributed by atoms with van der Waals surface area (Å²) >= 11 is 3.30. The Morgan fingerprint density at radius 2 is 1.80 bits per heavy atom. The zero-order chi connectivity index (χ0) is 18.0. The third kappa shape index (κ3) is 3.36. The molecule has 0 spiro atoms. The number of fused-ring (bicyclic) bond motifs is 1. The summed E-state index contributed by atoms with van der Waals surface area (Å²) in [4.78, 5) is 24.6. The summed E-state index contributed by atoms with van der Waals surface area (Å²) in [5.74, 6) is -0.312. The predicted molar refractivity (Wildman–Crippen MR) is 96.6 cm³/mol. The molecule has 1 heterocycles. The van der Waals surface area contributed by atoms with Crippen molar-refractivity contribution >= 4 is 38.7 Å². The van der Waals surface area contributed by atoms with Crippen LogP contribution in [0, 0.1) is 6.92 Å². The average Bonchev–Trinajstić information content (AvgIpc) is 2.97. The van der Waals surface area contributed by atoms with Crippen LogP contribution in [0.25, 0.3) is 11.0 Å². The Bertz CT molecular complexity index is 965. The SMILES string of the molecule is COc1ccc(Br)c(C(=O)NNC(=O)c2oc3ccccc3c2C)c1. The van der Waals surface area contributed by atoms with Gasteiger partial charge < -0.3 is 9.15 Å². The van der Waals surface area contributed by atoms with Gasteiger partial charge in [0.1, 0.15) is 11.3 Å². The number of carbonyl (C=O) groups is 2. The lowest BCUT2D eigenvalue weighted by molar-refractivity contribution is 0.0831. The minimum atomic E-state index is -0.527. The lowest BCUT2D eigenvalue weighted by Gasteiger charge is -2.09. The molecule has 1 aromatic heterocycles. The molecular weight excluding hydrogens is 388 g/mol. The highest BCUT2D eigenvalue weighted by Crippen LogP contribution is 2.25. The highest BCUT2D eigenvalue weighted by Gasteiger charge is 2.19. The zero-order valence-corrected chi connectivity index (χ0v) is 15.1. The first-order valence-electron chi connectivity index (χ1n) is 7.43. The van der Waals surface area contributed by atoms with E-state index in [1.54, 1.807) is 31.2 Å². The first-order valence-corrected chi connectivity index (χ1v) is 8.23. The van der Waals surface area contributed by atoms with Crippen LogP contribution in [0.2, 0.25) is 0 Å². The lowest BCUT2D eigenvalue weighted by atomic mass is 10.1. The number of amides is 2. The van der Waals surface area contributed by atoms with E-state index >= 15 is 0 Å². The van der Waals surface area contributed by atoms with Crippen LogP contribution in [-0.4, -0.2) is 18.9 Å². The van der Waals surface area contributed by atoms with E-state index in [0.717, 1.165) is 5.39 Å². The van der Waals surface area contributed by atoms with Gasteiger partial charge in [-0.15, -0.1) is 0 Å². The van der Waals surface area contributed by atoms with Crippen molar-refractivity contribution in [2.45, 2.75) is 6.92 Å². The monoisotopic (exact) mass is 402 g/mol. The van der Waals surface area contributed by atoms with Gasteiger partial charge in [-0.25, -0.2) is 0 Å². The maximum absolute atomic E-state index is 12.3. The summed E-state index contributed by atoms with van der Waals surface area (Å²) in [6.07, 6.45) is 0. The van der Waals surface area contributed by atoms with E-state index in [9.17, 15) is 9.59 Å². The van der Waals surface area contributed by atoms with E-state index in [1.165, 1.54) is 7.11 Å². The van der Waals surface area contributed by atoms with Crippen molar-refractivity contribution in [3.8, 4) is 5.75 Å². The molecule has 2 N–H and O–H groups in total. The number of para-hydroxylation sites is 1. The third-order valence-corrected chi connectivity index (χ3v) is 4.45. The predicted octanol–water partition coefficient (Wildman–Crippen LogP) is 3.59.